The minimum absolute atomic E-state index is 0.409. The lowest BCUT2D eigenvalue weighted by Crippen LogP contribution is -1.99. The van der Waals surface area contributed by atoms with Crippen LogP contribution in [0.5, 0.6) is 5.75 Å². The van der Waals surface area contributed by atoms with Crippen LogP contribution in [0.3, 0.4) is 0 Å². The van der Waals surface area contributed by atoms with Gasteiger partial charge in [0, 0.05) is 16.2 Å². The molecule has 23 heavy (non-hydrogen) atoms. The van der Waals surface area contributed by atoms with Crippen molar-refractivity contribution in [2.24, 2.45) is 0 Å². The van der Waals surface area contributed by atoms with E-state index in [1.165, 1.54) is 0 Å². The zero-order valence-electron chi connectivity index (χ0n) is 12.1. The Balaban J connectivity index is 2.08. The molecule has 0 radical (unpaired) electrons. The molecule has 0 aliphatic rings. The molecule has 0 atom stereocenters. The van der Waals surface area contributed by atoms with Gasteiger partial charge in [0.2, 0.25) is 0 Å². The van der Waals surface area contributed by atoms with Gasteiger partial charge in [-0.1, -0.05) is 36.4 Å². The quantitative estimate of drug-likeness (QED) is 0.498. The summed E-state index contributed by atoms with van der Waals surface area (Å²) in [6.07, 6.45) is 0. The van der Waals surface area contributed by atoms with Gasteiger partial charge in [-0.2, -0.15) is 0 Å². The standard InChI is InChI=1S/C18H11BO4/c20-19-23-15-9-12-10-5-1-3-7-13(10)21-17(12)16-11-6-2-4-8-14(11)22-18(15)16/h1-9,19-20H. The van der Waals surface area contributed by atoms with Crippen molar-refractivity contribution in [3.63, 3.8) is 0 Å². The molecule has 5 aromatic rings. The first-order valence-electron chi connectivity index (χ1n) is 7.36. The van der Waals surface area contributed by atoms with E-state index in [1.54, 1.807) is 0 Å². The van der Waals surface area contributed by atoms with Crippen LogP contribution >= 0.6 is 0 Å². The zero-order valence-corrected chi connectivity index (χ0v) is 12.1. The molecule has 0 bridgehead atoms. The van der Waals surface area contributed by atoms with E-state index < -0.39 is 7.69 Å². The molecule has 0 aliphatic heterocycles. The van der Waals surface area contributed by atoms with Gasteiger partial charge in [-0.3, -0.25) is 0 Å². The normalized spacial score (nSPS) is 11.7. The molecule has 5 rings (SSSR count). The van der Waals surface area contributed by atoms with Gasteiger partial charge in [0.15, 0.2) is 5.58 Å². The van der Waals surface area contributed by atoms with Crippen LogP contribution in [0.25, 0.3) is 43.9 Å². The number of fused-ring (bicyclic) bond motifs is 7. The lowest BCUT2D eigenvalue weighted by atomic mass is 10.1. The van der Waals surface area contributed by atoms with Crippen molar-refractivity contribution in [3.05, 3.63) is 54.6 Å². The molecular weight excluding hydrogens is 291 g/mol. The third-order valence-electron chi connectivity index (χ3n) is 4.18. The summed E-state index contributed by atoms with van der Waals surface area (Å²) in [5.41, 5.74) is 2.94. The Hall–Kier alpha value is -2.92. The van der Waals surface area contributed by atoms with Gasteiger partial charge in [-0.25, -0.2) is 0 Å². The van der Waals surface area contributed by atoms with Crippen LogP contribution in [0.1, 0.15) is 0 Å². The largest absolute Gasteiger partial charge is 0.536 e. The average molecular weight is 302 g/mol. The molecule has 4 nitrogen and oxygen atoms in total. The molecule has 0 fully saturated rings. The third-order valence-corrected chi connectivity index (χ3v) is 4.18. The maximum atomic E-state index is 9.20. The number of hydrogen-bond acceptors (Lipinski definition) is 4. The molecule has 0 amide bonds. The molecule has 2 heterocycles. The topological polar surface area (TPSA) is 55.7 Å². The first-order chi connectivity index (χ1) is 11.4. The highest BCUT2D eigenvalue weighted by Gasteiger charge is 2.20. The van der Waals surface area contributed by atoms with Gasteiger partial charge in [0.05, 0.1) is 5.39 Å². The molecule has 0 unspecified atom stereocenters. The highest BCUT2D eigenvalue weighted by atomic mass is 16.5. The van der Waals surface area contributed by atoms with Crippen molar-refractivity contribution in [2.75, 3.05) is 0 Å². The maximum Gasteiger partial charge on any atom is 0.504 e. The Morgan fingerprint density at radius 3 is 2.22 bits per heavy atom. The molecule has 0 saturated heterocycles. The van der Waals surface area contributed by atoms with E-state index in [0.29, 0.717) is 11.3 Å². The first-order valence-corrected chi connectivity index (χ1v) is 7.36. The van der Waals surface area contributed by atoms with E-state index in [4.69, 9.17) is 13.5 Å². The molecule has 2 aromatic heterocycles. The summed E-state index contributed by atoms with van der Waals surface area (Å²) in [5, 5.41) is 13.0. The molecule has 0 saturated carbocycles. The zero-order chi connectivity index (χ0) is 15.4. The van der Waals surface area contributed by atoms with E-state index in [9.17, 15) is 5.02 Å². The van der Waals surface area contributed by atoms with Crippen LogP contribution in [-0.2, 0) is 0 Å². The van der Waals surface area contributed by atoms with E-state index in [-0.39, 0.29) is 0 Å². The SMILES string of the molecule is OBOc1cc2c3ccccc3oc2c2c1oc1ccccc12. The Kier molecular flexibility index (Phi) is 2.49. The number of benzene rings is 3. The lowest BCUT2D eigenvalue weighted by Gasteiger charge is -2.03. The fourth-order valence-corrected chi connectivity index (χ4v) is 3.21. The van der Waals surface area contributed by atoms with Gasteiger partial charge in [0.25, 0.3) is 0 Å². The predicted molar refractivity (Wildman–Crippen MR) is 91.0 cm³/mol. The number of furan rings is 2. The van der Waals surface area contributed by atoms with Crippen LogP contribution in [0.4, 0.5) is 0 Å². The molecular formula is C18H11BO4. The first kappa shape index (κ1) is 12.6. The highest BCUT2D eigenvalue weighted by molar-refractivity contribution is 6.25. The minimum atomic E-state index is -0.409. The number of rotatable bonds is 2. The monoisotopic (exact) mass is 302 g/mol. The van der Waals surface area contributed by atoms with Crippen molar-refractivity contribution >= 4 is 51.6 Å². The molecule has 110 valence electrons. The fourth-order valence-electron chi connectivity index (χ4n) is 3.21. The van der Waals surface area contributed by atoms with Crippen LogP contribution in [0, 0.1) is 0 Å². The van der Waals surface area contributed by atoms with Gasteiger partial charge >= 0.3 is 7.69 Å². The Bertz CT molecular complexity index is 1190. The van der Waals surface area contributed by atoms with E-state index in [2.05, 4.69) is 0 Å². The maximum absolute atomic E-state index is 9.20. The van der Waals surface area contributed by atoms with Gasteiger partial charge < -0.3 is 18.5 Å². The second kappa shape index (κ2) is 4.54. The molecule has 1 N–H and O–H groups in total. The number of para-hydroxylation sites is 2. The second-order valence-corrected chi connectivity index (χ2v) is 5.43. The molecule has 3 aromatic carbocycles. The summed E-state index contributed by atoms with van der Waals surface area (Å²) in [7, 11) is -0.409. The van der Waals surface area contributed by atoms with Gasteiger partial charge in [-0.05, 0) is 18.2 Å². The summed E-state index contributed by atoms with van der Waals surface area (Å²) in [6, 6.07) is 17.5. The fraction of sp³-hybridized carbons (Fsp3) is 0. The van der Waals surface area contributed by atoms with E-state index >= 15 is 0 Å². The summed E-state index contributed by atoms with van der Waals surface area (Å²) in [4.78, 5) is 0. The van der Waals surface area contributed by atoms with Crippen molar-refractivity contribution in [1.29, 1.82) is 0 Å². The summed E-state index contributed by atoms with van der Waals surface area (Å²) >= 11 is 0. The van der Waals surface area contributed by atoms with Crippen molar-refractivity contribution in [1.82, 2.24) is 0 Å². The summed E-state index contributed by atoms with van der Waals surface area (Å²) in [5.74, 6) is 0.512. The second-order valence-electron chi connectivity index (χ2n) is 5.43. The molecule has 5 heteroatoms. The van der Waals surface area contributed by atoms with E-state index in [1.807, 2.05) is 54.6 Å². The van der Waals surface area contributed by atoms with Gasteiger partial charge in [-0.15, -0.1) is 0 Å². The lowest BCUT2D eigenvalue weighted by molar-refractivity contribution is 0.451. The van der Waals surface area contributed by atoms with Crippen molar-refractivity contribution in [3.8, 4) is 5.75 Å². The number of hydrogen-bond donors (Lipinski definition) is 1. The Labute approximate surface area is 131 Å². The van der Waals surface area contributed by atoms with Crippen LogP contribution in [0.2, 0.25) is 0 Å². The Morgan fingerprint density at radius 1 is 0.783 bits per heavy atom. The van der Waals surface area contributed by atoms with Gasteiger partial charge in [0.1, 0.15) is 22.5 Å². The van der Waals surface area contributed by atoms with Crippen LogP contribution in [-0.4, -0.2) is 12.7 Å². The Morgan fingerprint density at radius 2 is 1.43 bits per heavy atom. The smallest absolute Gasteiger partial charge is 0.504 e. The van der Waals surface area contributed by atoms with Crippen molar-refractivity contribution < 1.29 is 18.5 Å². The minimum Gasteiger partial charge on any atom is -0.536 e. The third kappa shape index (κ3) is 1.65. The summed E-state index contributed by atoms with van der Waals surface area (Å²) in [6.45, 7) is 0. The molecule has 0 aliphatic carbocycles. The molecule has 0 spiro atoms. The highest BCUT2D eigenvalue weighted by Crippen LogP contribution is 2.43. The predicted octanol–water partition coefficient (Wildman–Crippen LogP) is 4.12. The van der Waals surface area contributed by atoms with E-state index in [0.717, 1.165) is 38.3 Å². The van der Waals surface area contributed by atoms with Crippen molar-refractivity contribution in [2.45, 2.75) is 0 Å². The average Bonchev–Trinajstić information content (AvgIpc) is 3.13. The summed E-state index contributed by atoms with van der Waals surface area (Å²) < 4.78 is 17.4. The van der Waals surface area contributed by atoms with Crippen LogP contribution < -0.4 is 4.65 Å². The van der Waals surface area contributed by atoms with Crippen LogP contribution in [0.15, 0.2) is 63.4 Å².